The molecule has 0 spiro atoms. The zero-order chi connectivity index (χ0) is 15.0. The first kappa shape index (κ1) is 13.8. The number of para-hydroxylation sites is 1. The van der Waals surface area contributed by atoms with Crippen LogP contribution in [-0.2, 0) is 0 Å². The van der Waals surface area contributed by atoms with Crippen molar-refractivity contribution in [1.82, 2.24) is 9.80 Å². The highest BCUT2D eigenvalue weighted by atomic mass is 15.5. The van der Waals surface area contributed by atoms with Crippen molar-refractivity contribution in [3.63, 3.8) is 0 Å². The smallest absolute Gasteiger partial charge is 0.159 e. The molecule has 21 heavy (non-hydrogen) atoms. The minimum atomic E-state index is -0.168. The number of aryl methyl sites for hydroxylation is 1. The molecule has 1 atom stereocenters. The molecule has 0 radical (unpaired) electrons. The van der Waals surface area contributed by atoms with Crippen LogP contribution in [0.3, 0.4) is 0 Å². The number of likely N-dealkylation sites (N-methyl/N-ethyl adjacent to an activating group) is 1. The summed E-state index contributed by atoms with van der Waals surface area (Å²) >= 11 is 0. The van der Waals surface area contributed by atoms with E-state index < -0.39 is 0 Å². The molecule has 1 unspecified atom stereocenters. The van der Waals surface area contributed by atoms with Crippen LogP contribution in [0.25, 0.3) is 0 Å². The highest BCUT2D eigenvalue weighted by molar-refractivity contribution is 5.64. The van der Waals surface area contributed by atoms with Crippen LogP contribution >= 0.6 is 0 Å². The number of hydrogen-bond donors (Lipinski definition) is 1. The van der Waals surface area contributed by atoms with E-state index in [4.69, 9.17) is 5.73 Å². The second-order valence-electron chi connectivity index (χ2n) is 5.70. The Morgan fingerprint density at radius 2 is 1.95 bits per heavy atom. The van der Waals surface area contributed by atoms with Gasteiger partial charge in [0.2, 0.25) is 0 Å². The predicted molar refractivity (Wildman–Crippen MR) is 87.3 cm³/mol. The van der Waals surface area contributed by atoms with E-state index in [1.165, 1.54) is 22.5 Å². The summed E-state index contributed by atoms with van der Waals surface area (Å²) in [5.41, 5.74) is 11.2. The van der Waals surface area contributed by atoms with Gasteiger partial charge in [0.15, 0.2) is 6.29 Å². The Labute approximate surface area is 126 Å². The lowest BCUT2D eigenvalue weighted by Gasteiger charge is -2.32. The Bertz CT molecular complexity index is 629. The summed E-state index contributed by atoms with van der Waals surface area (Å²) in [6, 6.07) is 8.38. The maximum atomic E-state index is 6.40. The molecule has 0 saturated carbocycles. The lowest BCUT2D eigenvalue weighted by Crippen LogP contribution is -2.46. The van der Waals surface area contributed by atoms with Gasteiger partial charge in [0.25, 0.3) is 0 Å². The molecule has 4 nitrogen and oxygen atoms in total. The standard InChI is InChI=1S/C17H22N4/c1-13-7-4-5-9-15(13)21-16(12-20(3)17(21)18)14-8-6-10-19(2)11-14/h4-10,12,17H,11,18H2,1-3H3. The zero-order valence-electron chi connectivity index (χ0n) is 12.8. The summed E-state index contributed by atoms with van der Waals surface area (Å²) < 4.78 is 0. The molecule has 4 heteroatoms. The first-order chi connectivity index (χ1) is 10.1. The second-order valence-corrected chi connectivity index (χ2v) is 5.70. The van der Waals surface area contributed by atoms with E-state index in [0.717, 1.165) is 6.54 Å². The van der Waals surface area contributed by atoms with Gasteiger partial charge >= 0.3 is 0 Å². The summed E-state index contributed by atoms with van der Waals surface area (Å²) in [4.78, 5) is 6.45. The maximum absolute atomic E-state index is 6.40. The SMILES string of the molecule is Cc1ccccc1N1C(C2=CC=CN(C)C2)=CN(C)C1N. The van der Waals surface area contributed by atoms with Crippen molar-refractivity contribution in [1.29, 1.82) is 0 Å². The molecule has 0 bridgehead atoms. The van der Waals surface area contributed by atoms with Crippen LogP contribution in [0.5, 0.6) is 0 Å². The maximum Gasteiger partial charge on any atom is 0.159 e. The molecule has 1 aromatic rings. The van der Waals surface area contributed by atoms with Gasteiger partial charge in [-0.1, -0.05) is 24.3 Å². The lowest BCUT2D eigenvalue weighted by molar-refractivity contribution is 0.366. The van der Waals surface area contributed by atoms with Crippen molar-refractivity contribution in [2.24, 2.45) is 5.73 Å². The normalized spacial score (nSPS) is 21.7. The summed E-state index contributed by atoms with van der Waals surface area (Å²) in [5, 5.41) is 0. The molecule has 0 amide bonds. The minimum Gasteiger partial charge on any atom is -0.376 e. The molecule has 2 aliphatic rings. The van der Waals surface area contributed by atoms with Crippen LogP contribution in [0.15, 0.2) is 60.1 Å². The number of rotatable bonds is 2. The van der Waals surface area contributed by atoms with E-state index >= 15 is 0 Å². The second kappa shape index (κ2) is 5.30. The topological polar surface area (TPSA) is 35.7 Å². The van der Waals surface area contributed by atoms with E-state index in [2.05, 4.69) is 77.5 Å². The van der Waals surface area contributed by atoms with Gasteiger partial charge in [0.1, 0.15) is 0 Å². The fourth-order valence-corrected chi connectivity index (χ4v) is 2.85. The number of anilines is 1. The molecule has 2 heterocycles. The first-order valence-electron chi connectivity index (χ1n) is 7.20. The van der Waals surface area contributed by atoms with Crippen molar-refractivity contribution in [2.75, 3.05) is 25.5 Å². The first-order valence-corrected chi connectivity index (χ1v) is 7.20. The molecule has 0 saturated heterocycles. The van der Waals surface area contributed by atoms with Crippen LogP contribution in [0, 0.1) is 6.92 Å². The summed E-state index contributed by atoms with van der Waals surface area (Å²) in [7, 11) is 4.10. The van der Waals surface area contributed by atoms with Crippen LogP contribution in [0.4, 0.5) is 5.69 Å². The van der Waals surface area contributed by atoms with Gasteiger partial charge in [0.05, 0.1) is 5.70 Å². The minimum absolute atomic E-state index is 0.168. The van der Waals surface area contributed by atoms with E-state index in [1.54, 1.807) is 0 Å². The molecule has 0 aliphatic carbocycles. The average Bonchev–Trinajstić information content (AvgIpc) is 2.76. The van der Waals surface area contributed by atoms with Gasteiger partial charge in [-0.15, -0.1) is 0 Å². The number of allylic oxidation sites excluding steroid dienone is 2. The third-order valence-corrected chi connectivity index (χ3v) is 4.03. The van der Waals surface area contributed by atoms with E-state index in [9.17, 15) is 0 Å². The largest absolute Gasteiger partial charge is 0.376 e. The third kappa shape index (κ3) is 2.43. The fraction of sp³-hybridized carbons (Fsp3) is 0.294. The van der Waals surface area contributed by atoms with Crippen molar-refractivity contribution in [3.8, 4) is 0 Å². The zero-order valence-corrected chi connectivity index (χ0v) is 12.8. The fourth-order valence-electron chi connectivity index (χ4n) is 2.85. The van der Waals surface area contributed by atoms with Gasteiger partial charge in [0, 0.05) is 32.5 Å². The number of nitrogens with two attached hydrogens (primary N) is 1. The van der Waals surface area contributed by atoms with Crippen molar-refractivity contribution in [3.05, 3.63) is 65.7 Å². The average molecular weight is 282 g/mol. The van der Waals surface area contributed by atoms with E-state index in [1.807, 2.05) is 7.05 Å². The quantitative estimate of drug-likeness (QED) is 0.902. The predicted octanol–water partition coefficient (Wildman–Crippen LogP) is 2.22. The number of hydrogen-bond acceptors (Lipinski definition) is 4. The monoisotopic (exact) mass is 282 g/mol. The molecule has 1 aromatic carbocycles. The molecular weight excluding hydrogens is 260 g/mol. The molecular formula is C17H22N4. The van der Waals surface area contributed by atoms with Gasteiger partial charge in [-0.25, -0.2) is 0 Å². The van der Waals surface area contributed by atoms with Crippen LogP contribution in [-0.4, -0.2) is 36.7 Å². The van der Waals surface area contributed by atoms with Gasteiger partial charge < -0.3 is 14.7 Å². The van der Waals surface area contributed by atoms with E-state index in [0.29, 0.717) is 0 Å². The van der Waals surface area contributed by atoms with Crippen LogP contribution in [0.2, 0.25) is 0 Å². The van der Waals surface area contributed by atoms with Crippen molar-refractivity contribution in [2.45, 2.75) is 13.2 Å². The third-order valence-electron chi connectivity index (χ3n) is 4.03. The molecule has 2 N–H and O–H groups in total. The van der Waals surface area contributed by atoms with Crippen molar-refractivity contribution >= 4 is 5.69 Å². The number of nitrogens with zero attached hydrogens (tertiary/aromatic N) is 3. The van der Waals surface area contributed by atoms with Gasteiger partial charge in [-0.3, -0.25) is 5.73 Å². The summed E-state index contributed by atoms with van der Waals surface area (Å²) in [6.07, 6.45) is 8.30. The molecule has 2 aliphatic heterocycles. The molecule has 3 rings (SSSR count). The Morgan fingerprint density at radius 3 is 2.67 bits per heavy atom. The molecule has 0 aromatic heterocycles. The Balaban J connectivity index is 2.02. The lowest BCUT2D eigenvalue weighted by atomic mass is 10.1. The highest BCUT2D eigenvalue weighted by Gasteiger charge is 2.31. The van der Waals surface area contributed by atoms with Crippen LogP contribution < -0.4 is 10.6 Å². The Hall–Kier alpha value is -2.20. The molecule has 0 fully saturated rings. The van der Waals surface area contributed by atoms with Gasteiger partial charge in [-0.2, -0.15) is 0 Å². The van der Waals surface area contributed by atoms with Crippen molar-refractivity contribution < 1.29 is 0 Å². The number of benzene rings is 1. The Morgan fingerprint density at radius 1 is 1.19 bits per heavy atom. The summed E-state index contributed by atoms with van der Waals surface area (Å²) in [5.74, 6) is 0. The summed E-state index contributed by atoms with van der Waals surface area (Å²) in [6.45, 7) is 3.02. The van der Waals surface area contributed by atoms with E-state index in [-0.39, 0.29) is 6.29 Å². The van der Waals surface area contributed by atoms with Crippen LogP contribution in [0.1, 0.15) is 5.56 Å². The van der Waals surface area contributed by atoms with Gasteiger partial charge in [-0.05, 0) is 36.4 Å². The highest BCUT2D eigenvalue weighted by Crippen LogP contribution is 2.33. The molecule has 110 valence electrons. The Kier molecular flexibility index (Phi) is 3.47.